The molecule has 1 aromatic heterocycles. The maximum absolute atomic E-state index is 13.1. The molecule has 1 aliphatic heterocycles. The lowest BCUT2D eigenvalue weighted by atomic mass is 9.96. The van der Waals surface area contributed by atoms with Crippen LogP contribution in [-0.4, -0.2) is 41.3 Å². The summed E-state index contributed by atoms with van der Waals surface area (Å²) in [4.78, 5) is 15.0. The number of halogens is 2. The van der Waals surface area contributed by atoms with Crippen LogP contribution in [0.25, 0.3) is 11.3 Å². The first-order valence-corrected chi connectivity index (χ1v) is 10.6. The molecule has 7 heteroatoms. The molecule has 0 saturated heterocycles. The van der Waals surface area contributed by atoms with E-state index in [2.05, 4.69) is 54.2 Å². The maximum atomic E-state index is 13.1. The van der Waals surface area contributed by atoms with Crippen molar-refractivity contribution in [2.24, 2.45) is 0 Å². The highest BCUT2D eigenvalue weighted by molar-refractivity contribution is 9.10. The minimum Gasteiger partial charge on any atom is -0.385 e. The molecule has 0 aliphatic carbocycles. The maximum Gasteiger partial charge on any atom is 0.273 e. The number of amides is 1. The smallest absolute Gasteiger partial charge is 0.273 e. The van der Waals surface area contributed by atoms with Gasteiger partial charge >= 0.3 is 0 Å². The highest BCUT2D eigenvalue weighted by Gasteiger charge is 2.41. The average Bonchev–Trinajstić information content (AvgIpc) is 3.23. The lowest BCUT2D eigenvalue weighted by Gasteiger charge is -2.26. The third-order valence-corrected chi connectivity index (χ3v) is 5.97. The van der Waals surface area contributed by atoms with Crippen LogP contribution in [0, 0.1) is 0 Å². The average molecular weight is 505 g/mol. The lowest BCUT2D eigenvalue weighted by molar-refractivity contribution is 0.0723. The normalized spacial score (nSPS) is 15.9. The molecule has 1 aliphatic rings. The minimum atomic E-state index is -0.176. The fourth-order valence-corrected chi connectivity index (χ4v) is 4.15. The molecule has 4 rings (SSSR count). The van der Waals surface area contributed by atoms with Crippen molar-refractivity contribution in [1.29, 1.82) is 0 Å². The monoisotopic (exact) mass is 503 g/mol. The number of carbonyl (C=O) groups is 1. The summed E-state index contributed by atoms with van der Waals surface area (Å²) < 4.78 is 7.20. The number of benzene rings is 2. The van der Waals surface area contributed by atoms with E-state index < -0.39 is 0 Å². The molecule has 0 bridgehead atoms. The molecule has 2 aromatic carbocycles. The highest BCUT2D eigenvalue weighted by atomic mass is 79.9. The van der Waals surface area contributed by atoms with Crippen molar-refractivity contribution in [2.45, 2.75) is 12.5 Å². The molecule has 5 nitrogen and oxygen atoms in total. The first kappa shape index (κ1) is 19.4. The summed E-state index contributed by atoms with van der Waals surface area (Å²) in [7, 11) is 1.68. The first-order chi connectivity index (χ1) is 13.6. The fraction of sp³-hybridized carbons (Fsp3) is 0.238. The zero-order valence-corrected chi connectivity index (χ0v) is 18.5. The second-order valence-electron chi connectivity index (χ2n) is 6.67. The van der Waals surface area contributed by atoms with Gasteiger partial charge in [0, 0.05) is 40.3 Å². The van der Waals surface area contributed by atoms with Crippen LogP contribution < -0.4 is 0 Å². The summed E-state index contributed by atoms with van der Waals surface area (Å²) in [5, 5.41) is 7.48. The molecular weight excluding hydrogens is 486 g/mol. The highest BCUT2D eigenvalue weighted by Crippen LogP contribution is 2.43. The van der Waals surface area contributed by atoms with Crippen LogP contribution >= 0.6 is 31.9 Å². The van der Waals surface area contributed by atoms with E-state index in [4.69, 9.17) is 4.74 Å². The standard InChI is InChI=1S/C21H19Br2N3O2/c1-28-12-2-11-26-20(14-5-9-16(23)10-6-14)17-18(24-25-19(17)21(26)27)13-3-7-15(22)8-4-13/h3-10,20H,2,11-12H2,1H3,(H,24,25). The summed E-state index contributed by atoms with van der Waals surface area (Å²) in [5.41, 5.74) is 4.37. The van der Waals surface area contributed by atoms with Gasteiger partial charge in [0.15, 0.2) is 0 Å². The van der Waals surface area contributed by atoms with Crippen molar-refractivity contribution in [3.8, 4) is 11.3 Å². The van der Waals surface area contributed by atoms with E-state index in [1.807, 2.05) is 41.3 Å². The molecule has 1 unspecified atom stereocenters. The molecule has 2 heterocycles. The number of aromatic amines is 1. The summed E-state index contributed by atoms with van der Waals surface area (Å²) >= 11 is 6.97. The van der Waals surface area contributed by atoms with E-state index in [-0.39, 0.29) is 11.9 Å². The number of methoxy groups -OCH3 is 1. The Kier molecular flexibility index (Phi) is 5.66. The number of aromatic nitrogens is 2. The third-order valence-electron chi connectivity index (χ3n) is 4.91. The number of rotatable bonds is 6. The minimum absolute atomic E-state index is 0.0186. The van der Waals surface area contributed by atoms with Gasteiger partial charge in [0.05, 0.1) is 11.7 Å². The zero-order chi connectivity index (χ0) is 19.7. The van der Waals surface area contributed by atoms with Crippen molar-refractivity contribution in [3.05, 3.63) is 74.3 Å². The van der Waals surface area contributed by atoms with Crippen molar-refractivity contribution in [1.82, 2.24) is 15.1 Å². The number of nitrogens with one attached hydrogen (secondary N) is 1. The quantitative estimate of drug-likeness (QED) is 0.470. The summed E-state index contributed by atoms with van der Waals surface area (Å²) in [5.74, 6) is -0.0186. The van der Waals surface area contributed by atoms with Crippen LogP contribution in [0.4, 0.5) is 0 Å². The van der Waals surface area contributed by atoms with Gasteiger partial charge in [0.25, 0.3) is 5.91 Å². The zero-order valence-electron chi connectivity index (χ0n) is 15.3. The van der Waals surface area contributed by atoms with Crippen LogP contribution in [0.1, 0.15) is 34.1 Å². The Hall–Kier alpha value is -1.96. The number of hydrogen-bond acceptors (Lipinski definition) is 3. The van der Waals surface area contributed by atoms with Crippen molar-refractivity contribution in [2.75, 3.05) is 20.3 Å². The second-order valence-corrected chi connectivity index (χ2v) is 8.50. The molecule has 0 fully saturated rings. The van der Waals surface area contributed by atoms with E-state index in [1.54, 1.807) is 7.11 Å². The number of ether oxygens (including phenoxy) is 1. The topological polar surface area (TPSA) is 58.2 Å². The van der Waals surface area contributed by atoms with Gasteiger partial charge in [-0.1, -0.05) is 56.1 Å². The number of carbonyl (C=O) groups excluding carboxylic acids is 1. The van der Waals surface area contributed by atoms with E-state index in [0.29, 0.717) is 18.8 Å². The van der Waals surface area contributed by atoms with Crippen LogP contribution in [0.5, 0.6) is 0 Å². The van der Waals surface area contributed by atoms with Crippen molar-refractivity contribution in [3.63, 3.8) is 0 Å². The lowest BCUT2D eigenvalue weighted by Crippen LogP contribution is -2.31. The van der Waals surface area contributed by atoms with Gasteiger partial charge in [-0.05, 0) is 36.2 Å². The van der Waals surface area contributed by atoms with Crippen LogP contribution in [0.15, 0.2) is 57.5 Å². The molecule has 28 heavy (non-hydrogen) atoms. The molecule has 1 N–H and O–H groups in total. The molecule has 1 atom stereocenters. The van der Waals surface area contributed by atoms with E-state index in [1.165, 1.54) is 0 Å². The van der Waals surface area contributed by atoms with Gasteiger partial charge in [0.1, 0.15) is 5.69 Å². The summed E-state index contributed by atoms with van der Waals surface area (Å²) in [6.07, 6.45) is 0.778. The number of fused-ring (bicyclic) bond motifs is 1. The van der Waals surface area contributed by atoms with Crippen LogP contribution in [-0.2, 0) is 4.74 Å². The molecule has 0 saturated carbocycles. The number of nitrogens with zero attached hydrogens (tertiary/aromatic N) is 2. The van der Waals surface area contributed by atoms with Gasteiger partial charge in [-0.2, -0.15) is 5.10 Å². The van der Waals surface area contributed by atoms with Gasteiger partial charge in [-0.3, -0.25) is 9.89 Å². The Morgan fingerprint density at radius 1 is 1.07 bits per heavy atom. The molecule has 3 aromatic rings. The van der Waals surface area contributed by atoms with Crippen molar-refractivity contribution < 1.29 is 9.53 Å². The molecule has 0 radical (unpaired) electrons. The molecular formula is C21H19Br2N3O2. The molecule has 144 valence electrons. The Labute approximate surface area is 180 Å². The first-order valence-electron chi connectivity index (χ1n) is 8.99. The fourth-order valence-electron chi connectivity index (χ4n) is 3.63. The Bertz CT molecular complexity index is 984. The van der Waals surface area contributed by atoms with Gasteiger partial charge < -0.3 is 9.64 Å². The predicted molar refractivity (Wildman–Crippen MR) is 115 cm³/mol. The Balaban J connectivity index is 1.80. The van der Waals surface area contributed by atoms with Gasteiger partial charge in [-0.15, -0.1) is 0 Å². The molecule has 0 spiro atoms. The SMILES string of the molecule is COCCCN1C(=O)c2[nH]nc(-c3ccc(Br)cc3)c2C1c1ccc(Br)cc1. The van der Waals surface area contributed by atoms with E-state index in [9.17, 15) is 4.79 Å². The predicted octanol–water partition coefficient (Wildman–Crippen LogP) is 5.18. The largest absolute Gasteiger partial charge is 0.385 e. The van der Waals surface area contributed by atoms with Crippen molar-refractivity contribution >= 4 is 37.8 Å². The third kappa shape index (κ3) is 3.54. The van der Waals surface area contributed by atoms with E-state index in [0.717, 1.165) is 37.8 Å². The van der Waals surface area contributed by atoms with Gasteiger partial charge in [0.2, 0.25) is 0 Å². The molecule has 1 amide bonds. The van der Waals surface area contributed by atoms with Crippen LogP contribution in [0.2, 0.25) is 0 Å². The Morgan fingerprint density at radius 2 is 1.71 bits per heavy atom. The summed E-state index contributed by atoms with van der Waals surface area (Å²) in [6, 6.07) is 15.9. The summed E-state index contributed by atoms with van der Waals surface area (Å²) in [6.45, 7) is 1.23. The van der Waals surface area contributed by atoms with Gasteiger partial charge in [-0.25, -0.2) is 0 Å². The number of hydrogen-bond donors (Lipinski definition) is 1. The second kappa shape index (κ2) is 8.19. The van der Waals surface area contributed by atoms with Crippen LogP contribution in [0.3, 0.4) is 0 Å². The number of H-pyrrole nitrogens is 1. The van der Waals surface area contributed by atoms with E-state index >= 15 is 0 Å². The Morgan fingerprint density at radius 3 is 2.36 bits per heavy atom.